The van der Waals surface area contributed by atoms with Crippen LogP contribution in [0.15, 0.2) is 29.6 Å². The van der Waals surface area contributed by atoms with Crippen LogP contribution < -0.4 is 5.32 Å². The Morgan fingerprint density at radius 1 is 1.19 bits per heavy atom. The Morgan fingerprint density at radius 2 is 1.89 bits per heavy atom. The number of benzene rings is 1. The van der Waals surface area contributed by atoms with Crippen molar-refractivity contribution in [3.8, 4) is 10.6 Å². The summed E-state index contributed by atoms with van der Waals surface area (Å²) in [6.07, 6.45) is -0.813. The molecule has 2 rings (SSSR count). The van der Waals surface area contributed by atoms with Gasteiger partial charge in [-0.3, -0.25) is 9.59 Å². The summed E-state index contributed by atoms with van der Waals surface area (Å²) in [6, 6.07) is 8.28. The first-order valence-electron chi connectivity index (χ1n) is 8.91. The van der Waals surface area contributed by atoms with Gasteiger partial charge in [0.2, 0.25) is 0 Å². The van der Waals surface area contributed by atoms with Crippen molar-refractivity contribution in [3.05, 3.63) is 40.9 Å². The summed E-state index contributed by atoms with van der Waals surface area (Å²) in [6.45, 7) is 6.64. The molecule has 1 aromatic heterocycles. The van der Waals surface area contributed by atoms with E-state index in [0.29, 0.717) is 24.8 Å². The minimum Gasteiger partial charge on any atom is -0.452 e. The molecule has 146 valence electrons. The predicted octanol–water partition coefficient (Wildman–Crippen LogP) is 3.17. The van der Waals surface area contributed by atoms with Gasteiger partial charge in [0.05, 0.1) is 18.7 Å². The van der Waals surface area contributed by atoms with Gasteiger partial charge in [0.1, 0.15) is 5.01 Å². The van der Waals surface area contributed by atoms with E-state index in [0.717, 1.165) is 10.6 Å². The summed E-state index contributed by atoms with van der Waals surface area (Å²) < 4.78 is 10.0. The quantitative estimate of drug-likeness (QED) is 0.526. The molecule has 0 unspecified atom stereocenters. The van der Waals surface area contributed by atoms with Crippen molar-refractivity contribution in [1.29, 1.82) is 0 Å². The molecule has 0 aliphatic carbocycles. The molecular weight excluding hydrogens is 364 g/mol. The molecule has 0 saturated carbocycles. The molecule has 0 aliphatic rings. The van der Waals surface area contributed by atoms with E-state index >= 15 is 0 Å². The van der Waals surface area contributed by atoms with E-state index in [-0.39, 0.29) is 12.3 Å². The summed E-state index contributed by atoms with van der Waals surface area (Å²) >= 11 is 1.49. The third-order valence-electron chi connectivity index (χ3n) is 3.98. The molecule has 0 radical (unpaired) electrons. The van der Waals surface area contributed by atoms with Crippen molar-refractivity contribution in [2.75, 3.05) is 20.3 Å². The summed E-state index contributed by atoms with van der Waals surface area (Å²) in [5.41, 5.74) is 2.94. The van der Waals surface area contributed by atoms with E-state index in [4.69, 9.17) is 9.47 Å². The second kappa shape index (κ2) is 10.2. The molecule has 27 heavy (non-hydrogen) atoms. The topological polar surface area (TPSA) is 77.5 Å². The highest BCUT2D eigenvalue weighted by Crippen LogP contribution is 2.26. The number of hydrogen-bond donors (Lipinski definition) is 1. The Balaban J connectivity index is 1.89. The molecule has 0 fully saturated rings. The summed E-state index contributed by atoms with van der Waals surface area (Å²) in [7, 11) is 1.55. The molecule has 0 saturated heterocycles. The van der Waals surface area contributed by atoms with Gasteiger partial charge in [0.15, 0.2) is 6.10 Å². The van der Waals surface area contributed by atoms with Crippen molar-refractivity contribution in [2.24, 2.45) is 0 Å². The molecule has 0 spiro atoms. The van der Waals surface area contributed by atoms with Crippen LogP contribution in [0.5, 0.6) is 0 Å². The van der Waals surface area contributed by atoms with E-state index in [1.54, 1.807) is 14.0 Å². The number of nitrogens with zero attached hydrogens (tertiary/aromatic N) is 1. The molecular formula is C20H26N2O4S. The first-order chi connectivity index (χ1) is 12.9. The van der Waals surface area contributed by atoms with Crippen molar-refractivity contribution in [2.45, 2.75) is 39.2 Å². The number of thiazole rings is 1. The van der Waals surface area contributed by atoms with Gasteiger partial charge in [0.25, 0.3) is 5.91 Å². The Hall–Kier alpha value is -2.25. The maximum atomic E-state index is 12.1. The lowest BCUT2D eigenvalue weighted by Crippen LogP contribution is -2.37. The fraction of sp³-hybridized carbons (Fsp3) is 0.450. The first-order valence-corrected chi connectivity index (χ1v) is 9.79. The van der Waals surface area contributed by atoms with Crippen LogP contribution in [0.1, 0.15) is 37.9 Å². The van der Waals surface area contributed by atoms with E-state index in [1.165, 1.54) is 16.9 Å². The third-order valence-corrected chi connectivity index (χ3v) is 4.92. The Morgan fingerprint density at radius 3 is 2.52 bits per heavy atom. The number of amides is 1. The number of carbonyl (C=O) groups excluding carboxylic acids is 2. The van der Waals surface area contributed by atoms with Crippen LogP contribution >= 0.6 is 11.3 Å². The molecule has 1 amide bonds. The van der Waals surface area contributed by atoms with Crippen molar-refractivity contribution < 1.29 is 19.1 Å². The van der Waals surface area contributed by atoms with Gasteiger partial charge in [-0.1, -0.05) is 38.1 Å². The van der Waals surface area contributed by atoms with Gasteiger partial charge in [-0.15, -0.1) is 11.3 Å². The number of methoxy groups -OCH3 is 1. The minimum atomic E-state index is -0.851. The van der Waals surface area contributed by atoms with E-state index in [1.807, 2.05) is 17.5 Å². The Kier molecular flexibility index (Phi) is 7.94. The number of ether oxygens (including phenoxy) is 2. The van der Waals surface area contributed by atoms with Crippen molar-refractivity contribution in [3.63, 3.8) is 0 Å². The van der Waals surface area contributed by atoms with Crippen LogP contribution in [0.2, 0.25) is 0 Å². The smallest absolute Gasteiger partial charge is 0.312 e. The lowest BCUT2D eigenvalue weighted by Gasteiger charge is -2.12. The summed E-state index contributed by atoms with van der Waals surface area (Å²) in [5.74, 6) is -0.338. The highest BCUT2D eigenvalue weighted by atomic mass is 32.1. The maximum absolute atomic E-state index is 12.1. The van der Waals surface area contributed by atoms with Gasteiger partial charge >= 0.3 is 5.97 Å². The molecule has 7 heteroatoms. The highest BCUT2D eigenvalue weighted by molar-refractivity contribution is 7.13. The van der Waals surface area contributed by atoms with Gasteiger partial charge in [-0.05, 0) is 18.4 Å². The van der Waals surface area contributed by atoms with Gasteiger partial charge in [-0.25, -0.2) is 4.98 Å². The SMILES string of the molecule is COCCNC(=O)[C@@H](C)OC(=O)Cc1csc(-c2ccc(C(C)C)cc2)n1. The lowest BCUT2D eigenvalue weighted by atomic mass is 10.0. The average Bonchev–Trinajstić information content (AvgIpc) is 3.10. The molecule has 2 aromatic rings. The zero-order chi connectivity index (χ0) is 19.8. The third kappa shape index (κ3) is 6.45. The predicted molar refractivity (Wildman–Crippen MR) is 106 cm³/mol. The van der Waals surface area contributed by atoms with Crippen LogP contribution in [0.4, 0.5) is 0 Å². The van der Waals surface area contributed by atoms with E-state index in [9.17, 15) is 9.59 Å². The Bertz CT molecular complexity index is 756. The van der Waals surface area contributed by atoms with Crippen molar-refractivity contribution >= 4 is 23.2 Å². The molecule has 0 aliphatic heterocycles. The molecule has 1 heterocycles. The fourth-order valence-electron chi connectivity index (χ4n) is 2.39. The number of aromatic nitrogens is 1. The van der Waals surface area contributed by atoms with Crippen LogP contribution in [-0.2, 0) is 25.5 Å². The van der Waals surface area contributed by atoms with E-state index < -0.39 is 12.1 Å². The number of hydrogen-bond acceptors (Lipinski definition) is 6. The number of nitrogens with one attached hydrogen (secondary N) is 1. The van der Waals surface area contributed by atoms with Crippen LogP contribution in [0.25, 0.3) is 10.6 Å². The highest BCUT2D eigenvalue weighted by Gasteiger charge is 2.18. The summed E-state index contributed by atoms with van der Waals surface area (Å²) in [4.78, 5) is 28.4. The second-order valence-corrected chi connectivity index (χ2v) is 7.37. The summed E-state index contributed by atoms with van der Waals surface area (Å²) in [5, 5.41) is 5.34. The van der Waals surface area contributed by atoms with Gasteiger partial charge in [-0.2, -0.15) is 0 Å². The maximum Gasteiger partial charge on any atom is 0.312 e. The van der Waals surface area contributed by atoms with Crippen LogP contribution in [0.3, 0.4) is 0 Å². The molecule has 1 aromatic carbocycles. The molecule has 1 atom stereocenters. The standard InChI is InChI=1S/C20H26N2O4S/c1-13(2)15-5-7-16(8-6-15)20-22-17(12-27-20)11-18(23)26-14(3)19(24)21-9-10-25-4/h5-8,12-14H,9-11H2,1-4H3,(H,21,24)/t14-/m1/s1. The van der Waals surface area contributed by atoms with Gasteiger partial charge in [0, 0.05) is 24.6 Å². The number of carbonyl (C=O) groups is 2. The van der Waals surface area contributed by atoms with Crippen LogP contribution in [0, 0.1) is 0 Å². The Labute approximate surface area is 163 Å². The normalized spacial score (nSPS) is 12.0. The number of esters is 1. The first kappa shape index (κ1) is 21.1. The largest absolute Gasteiger partial charge is 0.452 e. The van der Waals surface area contributed by atoms with Crippen LogP contribution in [-0.4, -0.2) is 43.2 Å². The molecule has 6 nitrogen and oxygen atoms in total. The lowest BCUT2D eigenvalue weighted by molar-refractivity contribution is -0.154. The zero-order valence-electron chi connectivity index (χ0n) is 16.2. The van der Waals surface area contributed by atoms with E-state index in [2.05, 4.69) is 36.3 Å². The molecule has 1 N–H and O–H groups in total. The minimum absolute atomic E-state index is 0.0380. The monoisotopic (exact) mass is 390 g/mol. The zero-order valence-corrected chi connectivity index (χ0v) is 17.0. The number of rotatable bonds is 9. The molecule has 0 bridgehead atoms. The second-order valence-electron chi connectivity index (χ2n) is 6.51. The van der Waals surface area contributed by atoms with Gasteiger partial charge < -0.3 is 14.8 Å². The average molecular weight is 391 g/mol. The fourth-order valence-corrected chi connectivity index (χ4v) is 3.22. The van der Waals surface area contributed by atoms with Crippen molar-refractivity contribution in [1.82, 2.24) is 10.3 Å².